The lowest BCUT2D eigenvalue weighted by Crippen LogP contribution is -2.37. The monoisotopic (exact) mass is 203 g/mol. The summed E-state index contributed by atoms with van der Waals surface area (Å²) >= 11 is 4.31. The van der Waals surface area contributed by atoms with Crippen molar-refractivity contribution in [2.75, 3.05) is 18.1 Å². The van der Waals surface area contributed by atoms with Gasteiger partial charge >= 0.3 is 0 Å². The molecule has 2 fully saturated rings. The van der Waals surface area contributed by atoms with Gasteiger partial charge < -0.3 is 5.32 Å². The van der Waals surface area contributed by atoms with E-state index in [-0.39, 0.29) is 0 Å². The van der Waals surface area contributed by atoms with E-state index in [0.29, 0.717) is 0 Å². The standard InChI is InChI=1S/C9H17NS2/c1-7-2-3-10-9-8(6-7)11-4-5-12-9/h7-10H,2-6H2,1H3/t7-,8?,9?/m0/s1. The topological polar surface area (TPSA) is 12.0 Å². The van der Waals surface area contributed by atoms with Crippen LogP contribution in [0.25, 0.3) is 0 Å². The Kier molecular flexibility index (Phi) is 3.27. The molecule has 2 unspecified atom stereocenters. The number of rotatable bonds is 0. The minimum absolute atomic E-state index is 0.758. The highest BCUT2D eigenvalue weighted by atomic mass is 32.2. The van der Waals surface area contributed by atoms with Gasteiger partial charge in [-0.25, -0.2) is 0 Å². The Morgan fingerprint density at radius 3 is 3.00 bits per heavy atom. The van der Waals surface area contributed by atoms with Crippen LogP contribution in [0.3, 0.4) is 0 Å². The van der Waals surface area contributed by atoms with Crippen LogP contribution < -0.4 is 5.32 Å². The molecular formula is C9H17NS2. The van der Waals surface area contributed by atoms with Gasteiger partial charge in [-0.2, -0.15) is 11.8 Å². The Hall–Kier alpha value is 0.660. The smallest absolute Gasteiger partial charge is 0.0652 e. The molecular weight excluding hydrogens is 186 g/mol. The average Bonchev–Trinajstić information content (AvgIpc) is 2.25. The summed E-state index contributed by atoms with van der Waals surface area (Å²) in [5.41, 5.74) is 0. The third kappa shape index (κ3) is 2.12. The van der Waals surface area contributed by atoms with Crippen LogP contribution in [0.15, 0.2) is 0 Å². The van der Waals surface area contributed by atoms with E-state index in [1.165, 1.54) is 30.9 Å². The molecule has 12 heavy (non-hydrogen) atoms. The second kappa shape index (κ2) is 4.25. The molecule has 1 N–H and O–H groups in total. The van der Waals surface area contributed by atoms with Gasteiger partial charge in [0.15, 0.2) is 0 Å². The zero-order chi connectivity index (χ0) is 8.39. The minimum atomic E-state index is 0.758. The Morgan fingerprint density at radius 2 is 2.08 bits per heavy atom. The largest absolute Gasteiger partial charge is 0.304 e. The van der Waals surface area contributed by atoms with E-state index in [0.717, 1.165) is 16.5 Å². The van der Waals surface area contributed by atoms with Crippen LogP contribution >= 0.6 is 23.5 Å². The van der Waals surface area contributed by atoms with E-state index in [2.05, 4.69) is 35.8 Å². The van der Waals surface area contributed by atoms with Crippen LogP contribution in [0.2, 0.25) is 0 Å². The SMILES string of the molecule is C[C@H]1CCNC2SCCSC2C1. The molecule has 2 aliphatic rings. The van der Waals surface area contributed by atoms with Gasteiger partial charge in [0.2, 0.25) is 0 Å². The molecule has 3 atom stereocenters. The van der Waals surface area contributed by atoms with Crippen LogP contribution in [-0.4, -0.2) is 28.7 Å². The lowest BCUT2D eigenvalue weighted by molar-refractivity contribution is 0.522. The van der Waals surface area contributed by atoms with Gasteiger partial charge in [-0.15, -0.1) is 11.8 Å². The highest BCUT2D eigenvalue weighted by molar-refractivity contribution is 8.07. The predicted molar refractivity (Wildman–Crippen MR) is 58.9 cm³/mol. The zero-order valence-electron chi connectivity index (χ0n) is 7.58. The Balaban J connectivity index is 1.96. The van der Waals surface area contributed by atoms with Gasteiger partial charge in [0.1, 0.15) is 0 Å². The Labute approximate surface area is 83.4 Å². The first-order chi connectivity index (χ1) is 5.86. The van der Waals surface area contributed by atoms with Gasteiger partial charge in [0.25, 0.3) is 0 Å². The number of fused-ring (bicyclic) bond motifs is 1. The second-order valence-electron chi connectivity index (χ2n) is 3.78. The fourth-order valence-corrected chi connectivity index (χ4v) is 5.03. The van der Waals surface area contributed by atoms with E-state index >= 15 is 0 Å². The first-order valence-electron chi connectivity index (χ1n) is 4.83. The minimum Gasteiger partial charge on any atom is -0.304 e. The van der Waals surface area contributed by atoms with E-state index in [1.807, 2.05) is 0 Å². The molecule has 2 heterocycles. The van der Waals surface area contributed by atoms with Crippen molar-refractivity contribution in [2.24, 2.45) is 5.92 Å². The highest BCUT2D eigenvalue weighted by Crippen LogP contribution is 2.35. The lowest BCUT2D eigenvalue weighted by atomic mass is 10.0. The Morgan fingerprint density at radius 1 is 1.25 bits per heavy atom. The predicted octanol–water partition coefficient (Wildman–Crippen LogP) is 2.18. The van der Waals surface area contributed by atoms with Gasteiger partial charge in [-0.05, 0) is 25.3 Å². The maximum atomic E-state index is 3.66. The molecule has 2 aliphatic heterocycles. The first-order valence-corrected chi connectivity index (χ1v) is 6.92. The normalized spacial score (nSPS) is 43.2. The van der Waals surface area contributed by atoms with E-state index in [4.69, 9.17) is 0 Å². The van der Waals surface area contributed by atoms with Crippen molar-refractivity contribution < 1.29 is 0 Å². The number of hydrogen-bond acceptors (Lipinski definition) is 3. The maximum absolute atomic E-state index is 3.66. The highest BCUT2D eigenvalue weighted by Gasteiger charge is 2.29. The summed E-state index contributed by atoms with van der Waals surface area (Å²) in [7, 11) is 0. The van der Waals surface area contributed by atoms with Crippen molar-refractivity contribution in [2.45, 2.75) is 30.4 Å². The Bertz CT molecular complexity index is 151. The molecule has 0 radical (unpaired) electrons. The van der Waals surface area contributed by atoms with Crippen molar-refractivity contribution in [3.8, 4) is 0 Å². The molecule has 0 aliphatic carbocycles. The van der Waals surface area contributed by atoms with Crippen molar-refractivity contribution in [3.05, 3.63) is 0 Å². The average molecular weight is 203 g/mol. The summed E-state index contributed by atoms with van der Waals surface area (Å²) in [4.78, 5) is 0. The van der Waals surface area contributed by atoms with Crippen molar-refractivity contribution in [3.63, 3.8) is 0 Å². The third-order valence-corrected chi connectivity index (χ3v) is 5.73. The molecule has 2 rings (SSSR count). The van der Waals surface area contributed by atoms with Crippen LogP contribution in [0, 0.1) is 5.92 Å². The maximum Gasteiger partial charge on any atom is 0.0652 e. The molecule has 0 amide bonds. The summed E-state index contributed by atoms with van der Waals surface area (Å²) in [6.45, 7) is 3.62. The molecule has 0 saturated carbocycles. The van der Waals surface area contributed by atoms with Gasteiger partial charge in [-0.3, -0.25) is 0 Å². The molecule has 0 aromatic carbocycles. The molecule has 0 aromatic heterocycles. The van der Waals surface area contributed by atoms with Crippen molar-refractivity contribution >= 4 is 23.5 Å². The molecule has 0 aromatic rings. The summed E-state index contributed by atoms with van der Waals surface area (Å²) < 4.78 is 0. The summed E-state index contributed by atoms with van der Waals surface area (Å²) in [5, 5.41) is 5.30. The third-order valence-electron chi connectivity index (χ3n) is 2.67. The molecule has 3 heteroatoms. The molecule has 2 saturated heterocycles. The first kappa shape index (κ1) is 9.22. The number of nitrogens with one attached hydrogen (secondary N) is 1. The summed E-state index contributed by atoms with van der Waals surface area (Å²) in [5.74, 6) is 3.63. The summed E-state index contributed by atoms with van der Waals surface area (Å²) in [6.07, 6.45) is 2.80. The van der Waals surface area contributed by atoms with Crippen molar-refractivity contribution in [1.82, 2.24) is 5.32 Å². The van der Waals surface area contributed by atoms with E-state index < -0.39 is 0 Å². The van der Waals surface area contributed by atoms with E-state index in [9.17, 15) is 0 Å². The van der Waals surface area contributed by atoms with Crippen LogP contribution in [0.1, 0.15) is 19.8 Å². The van der Waals surface area contributed by atoms with Crippen LogP contribution in [0.4, 0.5) is 0 Å². The molecule has 0 spiro atoms. The fraction of sp³-hybridized carbons (Fsp3) is 1.00. The van der Waals surface area contributed by atoms with Gasteiger partial charge in [-0.1, -0.05) is 6.92 Å². The molecule has 1 nitrogen and oxygen atoms in total. The number of hydrogen-bond donors (Lipinski definition) is 1. The van der Waals surface area contributed by atoms with Crippen LogP contribution in [-0.2, 0) is 0 Å². The van der Waals surface area contributed by atoms with E-state index in [1.54, 1.807) is 0 Å². The zero-order valence-corrected chi connectivity index (χ0v) is 9.22. The van der Waals surface area contributed by atoms with Gasteiger partial charge in [0.05, 0.1) is 5.37 Å². The quantitative estimate of drug-likeness (QED) is 0.648. The molecule has 0 bridgehead atoms. The lowest BCUT2D eigenvalue weighted by Gasteiger charge is -2.29. The van der Waals surface area contributed by atoms with Gasteiger partial charge in [0, 0.05) is 16.8 Å². The molecule has 70 valence electrons. The van der Waals surface area contributed by atoms with Crippen molar-refractivity contribution in [1.29, 1.82) is 0 Å². The summed E-state index contributed by atoms with van der Waals surface area (Å²) in [6, 6.07) is 0. The number of thioether (sulfide) groups is 2. The fourth-order valence-electron chi connectivity index (χ4n) is 1.94. The second-order valence-corrected chi connectivity index (χ2v) is 6.38. The van der Waals surface area contributed by atoms with Crippen LogP contribution in [0.5, 0.6) is 0 Å².